The zero-order valence-corrected chi connectivity index (χ0v) is 8.88. The molecular formula is C9H15NO2S. The molecule has 0 radical (unpaired) electrons. The number of rotatable bonds is 2. The van der Waals surface area contributed by atoms with E-state index in [0.717, 1.165) is 0 Å². The van der Waals surface area contributed by atoms with Gasteiger partial charge in [0.25, 0.3) is 0 Å². The number of nitrogens with zero attached hydrogens (tertiary/aromatic N) is 1. The van der Waals surface area contributed by atoms with Crippen LogP contribution in [0.25, 0.3) is 0 Å². The number of hydrogen-bond acceptors (Lipinski definition) is 4. The van der Waals surface area contributed by atoms with E-state index in [0.29, 0.717) is 5.69 Å². The van der Waals surface area contributed by atoms with E-state index in [9.17, 15) is 10.2 Å². The minimum atomic E-state index is -0.883. The van der Waals surface area contributed by atoms with E-state index in [2.05, 4.69) is 4.37 Å². The van der Waals surface area contributed by atoms with E-state index in [1.165, 1.54) is 11.5 Å². The summed E-state index contributed by atoms with van der Waals surface area (Å²) in [6.45, 7) is 5.65. The first kappa shape index (κ1) is 10.6. The molecule has 0 aliphatic heterocycles. The third-order valence-corrected chi connectivity index (χ3v) is 2.52. The normalized spacial score (nSPS) is 17.0. The highest BCUT2D eigenvalue weighted by Gasteiger charge is 2.30. The first-order chi connectivity index (χ1) is 5.93. The molecule has 2 N–H and O–H groups in total. The van der Waals surface area contributed by atoms with E-state index in [-0.39, 0.29) is 5.41 Å². The zero-order chi connectivity index (χ0) is 10.1. The molecule has 13 heavy (non-hydrogen) atoms. The van der Waals surface area contributed by atoms with Crippen LogP contribution in [0.2, 0.25) is 0 Å². The van der Waals surface area contributed by atoms with Gasteiger partial charge in [0.15, 0.2) is 0 Å². The fraction of sp³-hybridized carbons (Fsp3) is 0.667. The molecule has 0 aliphatic rings. The van der Waals surface area contributed by atoms with Crippen molar-refractivity contribution in [1.29, 1.82) is 0 Å². The second-order valence-electron chi connectivity index (χ2n) is 4.18. The van der Waals surface area contributed by atoms with Gasteiger partial charge < -0.3 is 10.2 Å². The van der Waals surface area contributed by atoms with Crippen molar-refractivity contribution in [3.05, 3.63) is 17.1 Å². The van der Waals surface area contributed by atoms with Crippen molar-refractivity contribution >= 4 is 11.5 Å². The average molecular weight is 201 g/mol. The lowest BCUT2D eigenvalue weighted by atomic mass is 9.85. The minimum Gasteiger partial charge on any atom is -0.389 e. The summed E-state index contributed by atoms with van der Waals surface area (Å²) in [5.41, 5.74) is 0.218. The highest BCUT2D eigenvalue weighted by molar-refractivity contribution is 7.03. The Kier molecular flexibility index (Phi) is 3.05. The fourth-order valence-corrected chi connectivity index (χ4v) is 1.56. The molecule has 0 fully saturated rings. The molecule has 0 bridgehead atoms. The molecule has 1 aromatic rings. The van der Waals surface area contributed by atoms with E-state index in [1.807, 2.05) is 20.8 Å². The summed E-state index contributed by atoms with van der Waals surface area (Å²) in [5, 5.41) is 21.2. The summed E-state index contributed by atoms with van der Waals surface area (Å²) in [7, 11) is 0. The van der Waals surface area contributed by atoms with Gasteiger partial charge in [-0.05, 0) is 23.0 Å². The van der Waals surface area contributed by atoms with Crippen LogP contribution < -0.4 is 0 Å². The first-order valence-electron chi connectivity index (χ1n) is 4.19. The maximum Gasteiger partial charge on any atom is 0.123 e. The fourth-order valence-electron chi connectivity index (χ4n) is 1.01. The van der Waals surface area contributed by atoms with Crippen LogP contribution in [0.3, 0.4) is 0 Å². The van der Waals surface area contributed by atoms with Crippen LogP contribution in [0.1, 0.15) is 32.6 Å². The van der Waals surface area contributed by atoms with Crippen molar-refractivity contribution in [2.45, 2.75) is 33.0 Å². The molecule has 0 aliphatic carbocycles. The lowest BCUT2D eigenvalue weighted by Crippen LogP contribution is -2.32. The molecular weight excluding hydrogens is 186 g/mol. The summed E-state index contributed by atoms with van der Waals surface area (Å²) >= 11 is 1.27. The predicted octanol–water partition coefficient (Wildman–Crippen LogP) is 1.58. The van der Waals surface area contributed by atoms with Crippen LogP contribution in [0.4, 0.5) is 0 Å². The topological polar surface area (TPSA) is 53.4 Å². The van der Waals surface area contributed by atoms with Gasteiger partial charge in [0.2, 0.25) is 0 Å². The van der Waals surface area contributed by atoms with Crippen LogP contribution in [0.5, 0.6) is 0 Å². The number of aromatic nitrogens is 1. The quantitative estimate of drug-likeness (QED) is 0.764. The molecule has 2 atom stereocenters. The van der Waals surface area contributed by atoms with Gasteiger partial charge in [0.05, 0.1) is 11.8 Å². The molecule has 4 heteroatoms. The molecule has 1 heterocycles. The Morgan fingerprint density at radius 2 is 2.00 bits per heavy atom. The van der Waals surface area contributed by atoms with Crippen molar-refractivity contribution in [3.63, 3.8) is 0 Å². The maximum atomic E-state index is 9.74. The highest BCUT2D eigenvalue weighted by atomic mass is 32.1. The van der Waals surface area contributed by atoms with Crippen molar-refractivity contribution in [2.75, 3.05) is 0 Å². The van der Waals surface area contributed by atoms with E-state index >= 15 is 0 Å². The van der Waals surface area contributed by atoms with Gasteiger partial charge in [-0.1, -0.05) is 20.8 Å². The molecule has 0 saturated carbocycles. The summed E-state index contributed by atoms with van der Waals surface area (Å²) in [6, 6.07) is 1.73. The summed E-state index contributed by atoms with van der Waals surface area (Å²) < 4.78 is 3.98. The van der Waals surface area contributed by atoms with Gasteiger partial charge in [-0.15, -0.1) is 0 Å². The second-order valence-corrected chi connectivity index (χ2v) is 4.85. The largest absolute Gasteiger partial charge is 0.389 e. The molecule has 0 aromatic carbocycles. The van der Waals surface area contributed by atoms with Gasteiger partial charge >= 0.3 is 0 Å². The monoisotopic (exact) mass is 201 g/mol. The average Bonchev–Trinajstić information content (AvgIpc) is 2.51. The predicted molar refractivity (Wildman–Crippen MR) is 52.5 cm³/mol. The van der Waals surface area contributed by atoms with Crippen molar-refractivity contribution in [1.82, 2.24) is 4.37 Å². The molecule has 0 saturated heterocycles. The lowest BCUT2D eigenvalue weighted by Gasteiger charge is -2.28. The first-order valence-corrected chi connectivity index (χ1v) is 5.03. The molecule has 2 unspecified atom stereocenters. The summed E-state index contributed by atoms with van der Waals surface area (Å²) in [5.74, 6) is 0. The molecule has 74 valence electrons. The molecule has 0 amide bonds. The number of aliphatic hydroxyl groups excluding tert-OH is 2. The minimum absolute atomic E-state index is 0.330. The Morgan fingerprint density at radius 1 is 1.38 bits per heavy atom. The Labute approximate surface area is 82.2 Å². The van der Waals surface area contributed by atoms with Crippen molar-refractivity contribution in [3.8, 4) is 0 Å². The smallest absolute Gasteiger partial charge is 0.123 e. The number of aliphatic hydroxyl groups is 2. The van der Waals surface area contributed by atoms with Crippen LogP contribution in [-0.2, 0) is 0 Å². The van der Waals surface area contributed by atoms with Gasteiger partial charge in [-0.25, -0.2) is 0 Å². The Bertz CT molecular complexity index is 253. The zero-order valence-electron chi connectivity index (χ0n) is 8.06. The van der Waals surface area contributed by atoms with Gasteiger partial charge in [0, 0.05) is 5.38 Å². The summed E-state index contributed by atoms with van der Waals surface area (Å²) in [6.07, 6.45) is -1.67. The molecule has 0 spiro atoms. The standard InChI is InChI=1S/C9H15NO2S/c1-9(2,3)8(12)7(11)6-4-5-13-10-6/h4-5,7-8,11-12H,1-3H3. The second kappa shape index (κ2) is 3.74. The van der Waals surface area contributed by atoms with Gasteiger partial charge in [-0.3, -0.25) is 0 Å². The van der Waals surface area contributed by atoms with E-state index in [1.54, 1.807) is 11.4 Å². The summed E-state index contributed by atoms with van der Waals surface area (Å²) in [4.78, 5) is 0. The molecule has 3 nitrogen and oxygen atoms in total. The Morgan fingerprint density at radius 3 is 2.38 bits per heavy atom. The third-order valence-electron chi connectivity index (χ3n) is 1.95. The number of hydrogen-bond donors (Lipinski definition) is 2. The third kappa shape index (κ3) is 2.49. The van der Waals surface area contributed by atoms with Crippen molar-refractivity contribution in [2.24, 2.45) is 5.41 Å². The Balaban J connectivity index is 2.74. The van der Waals surface area contributed by atoms with Crippen LogP contribution in [0, 0.1) is 5.41 Å². The van der Waals surface area contributed by atoms with E-state index in [4.69, 9.17) is 0 Å². The maximum absolute atomic E-state index is 9.74. The SMILES string of the molecule is CC(C)(C)C(O)C(O)c1ccsn1. The van der Waals surface area contributed by atoms with Crippen LogP contribution in [-0.4, -0.2) is 20.7 Å². The highest BCUT2D eigenvalue weighted by Crippen LogP contribution is 2.29. The van der Waals surface area contributed by atoms with Crippen LogP contribution in [0.15, 0.2) is 11.4 Å². The van der Waals surface area contributed by atoms with Crippen molar-refractivity contribution < 1.29 is 10.2 Å². The van der Waals surface area contributed by atoms with E-state index < -0.39 is 12.2 Å². The Hall–Kier alpha value is -0.450. The molecule has 1 aromatic heterocycles. The van der Waals surface area contributed by atoms with Gasteiger partial charge in [0.1, 0.15) is 6.10 Å². The molecule has 1 rings (SSSR count). The van der Waals surface area contributed by atoms with Crippen LogP contribution >= 0.6 is 11.5 Å². The van der Waals surface area contributed by atoms with Gasteiger partial charge in [-0.2, -0.15) is 4.37 Å². The lowest BCUT2D eigenvalue weighted by molar-refractivity contribution is -0.0473.